The zero-order valence-corrected chi connectivity index (χ0v) is 8.36. The highest BCUT2D eigenvalue weighted by molar-refractivity contribution is 5.36. The van der Waals surface area contributed by atoms with Crippen LogP contribution in [-0.4, -0.2) is 23.3 Å². The van der Waals surface area contributed by atoms with Crippen LogP contribution in [0.1, 0.15) is 19.5 Å². The third kappa shape index (κ3) is 2.39. The summed E-state index contributed by atoms with van der Waals surface area (Å²) in [5, 5.41) is 8.05. The molecule has 1 aromatic heterocycles. The molecule has 13 heavy (non-hydrogen) atoms. The van der Waals surface area contributed by atoms with Crippen molar-refractivity contribution < 1.29 is 0 Å². The Kier molecular flexibility index (Phi) is 3.19. The van der Waals surface area contributed by atoms with Gasteiger partial charge in [-0.25, -0.2) is 0 Å². The summed E-state index contributed by atoms with van der Waals surface area (Å²) in [5.74, 6) is 0.882. The summed E-state index contributed by atoms with van der Waals surface area (Å²) in [6, 6.07) is 4.27. The Morgan fingerprint density at radius 2 is 2.08 bits per heavy atom. The van der Waals surface area contributed by atoms with Gasteiger partial charge in [0.05, 0.1) is 5.69 Å². The van der Waals surface area contributed by atoms with Crippen molar-refractivity contribution in [3.63, 3.8) is 0 Å². The summed E-state index contributed by atoms with van der Waals surface area (Å²) in [6.07, 6.45) is 0. The molecule has 0 spiro atoms. The lowest BCUT2D eigenvalue weighted by atomic mass is 10.3. The highest BCUT2D eigenvalue weighted by Crippen LogP contribution is 2.09. The van der Waals surface area contributed by atoms with E-state index in [2.05, 4.69) is 28.9 Å². The molecule has 4 nitrogen and oxygen atoms in total. The molecule has 2 N–H and O–H groups in total. The van der Waals surface area contributed by atoms with E-state index in [4.69, 9.17) is 5.73 Å². The molecule has 0 aliphatic carbocycles. The number of aromatic nitrogens is 2. The topological polar surface area (TPSA) is 55.0 Å². The molecule has 0 aliphatic heterocycles. The van der Waals surface area contributed by atoms with Gasteiger partial charge in [-0.1, -0.05) is 0 Å². The minimum absolute atomic E-state index is 0.429. The van der Waals surface area contributed by atoms with Crippen LogP contribution >= 0.6 is 0 Å². The standard InChI is InChI=1S/C9H16N4/c1-7(2)13(3)9-5-4-8(6-10)11-12-9/h4-5,7H,6,10H2,1-3H3. The molecule has 1 aromatic rings. The first-order valence-corrected chi connectivity index (χ1v) is 4.40. The van der Waals surface area contributed by atoms with E-state index in [-0.39, 0.29) is 0 Å². The molecule has 0 atom stereocenters. The van der Waals surface area contributed by atoms with Crippen molar-refractivity contribution >= 4 is 5.82 Å². The Morgan fingerprint density at radius 3 is 2.46 bits per heavy atom. The smallest absolute Gasteiger partial charge is 0.151 e. The Labute approximate surface area is 78.8 Å². The van der Waals surface area contributed by atoms with Gasteiger partial charge in [0.1, 0.15) is 0 Å². The van der Waals surface area contributed by atoms with Crippen LogP contribution in [0.4, 0.5) is 5.82 Å². The third-order valence-electron chi connectivity index (χ3n) is 2.05. The fourth-order valence-corrected chi connectivity index (χ4v) is 0.914. The SMILES string of the molecule is CC(C)N(C)c1ccc(CN)nn1. The summed E-state index contributed by atoms with van der Waals surface area (Å²) < 4.78 is 0. The predicted molar refractivity (Wildman–Crippen MR) is 53.5 cm³/mol. The lowest BCUT2D eigenvalue weighted by Gasteiger charge is -2.21. The van der Waals surface area contributed by atoms with Gasteiger partial charge in [0, 0.05) is 19.6 Å². The van der Waals surface area contributed by atoms with Crippen molar-refractivity contribution in [1.29, 1.82) is 0 Å². The average Bonchev–Trinajstić information content (AvgIpc) is 2.17. The van der Waals surface area contributed by atoms with E-state index in [0.29, 0.717) is 12.6 Å². The van der Waals surface area contributed by atoms with Gasteiger partial charge in [-0.15, -0.1) is 5.10 Å². The summed E-state index contributed by atoms with van der Waals surface area (Å²) >= 11 is 0. The van der Waals surface area contributed by atoms with Gasteiger partial charge < -0.3 is 10.6 Å². The second-order valence-electron chi connectivity index (χ2n) is 3.29. The summed E-state index contributed by atoms with van der Waals surface area (Å²) in [5.41, 5.74) is 6.24. The minimum Gasteiger partial charge on any atom is -0.356 e. The van der Waals surface area contributed by atoms with Gasteiger partial charge in [0.2, 0.25) is 0 Å². The Hall–Kier alpha value is -1.16. The van der Waals surface area contributed by atoms with Crippen molar-refractivity contribution in [3.05, 3.63) is 17.8 Å². The first-order chi connectivity index (χ1) is 6.15. The summed E-state index contributed by atoms with van der Waals surface area (Å²) in [4.78, 5) is 2.06. The zero-order chi connectivity index (χ0) is 9.84. The first kappa shape index (κ1) is 9.92. The van der Waals surface area contributed by atoms with Crippen LogP contribution in [-0.2, 0) is 6.54 Å². The van der Waals surface area contributed by atoms with E-state index in [9.17, 15) is 0 Å². The van der Waals surface area contributed by atoms with Crippen molar-refractivity contribution in [2.24, 2.45) is 5.73 Å². The molecule has 0 radical (unpaired) electrons. The maximum Gasteiger partial charge on any atom is 0.151 e. The fourth-order valence-electron chi connectivity index (χ4n) is 0.914. The molecule has 0 unspecified atom stereocenters. The maximum atomic E-state index is 5.42. The zero-order valence-electron chi connectivity index (χ0n) is 8.36. The van der Waals surface area contributed by atoms with Gasteiger partial charge in [-0.05, 0) is 26.0 Å². The van der Waals surface area contributed by atoms with Gasteiger partial charge in [-0.3, -0.25) is 0 Å². The number of nitrogens with zero attached hydrogens (tertiary/aromatic N) is 3. The van der Waals surface area contributed by atoms with Crippen LogP contribution in [0.2, 0.25) is 0 Å². The van der Waals surface area contributed by atoms with Gasteiger partial charge in [0.15, 0.2) is 5.82 Å². The molecule has 0 bridgehead atoms. The lowest BCUT2D eigenvalue weighted by molar-refractivity contribution is 0.729. The van der Waals surface area contributed by atoms with E-state index in [1.165, 1.54) is 0 Å². The maximum absolute atomic E-state index is 5.42. The molecule has 0 saturated heterocycles. The molecule has 0 aromatic carbocycles. The highest BCUT2D eigenvalue weighted by atomic mass is 15.3. The van der Waals surface area contributed by atoms with Gasteiger partial charge in [-0.2, -0.15) is 5.10 Å². The number of nitrogens with two attached hydrogens (primary N) is 1. The molecule has 0 amide bonds. The van der Waals surface area contributed by atoms with Crippen molar-refractivity contribution in [2.75, 3.05) is 11.9 Å². The van der Waals surface area contributed by atoms with E-state index in [0.717, 1.165) is 11.5 Å². The minimum atomic E-state index is 0.429. The quantitative estimate of drug-likeness (QED) is 0.746. The summed E-state index contributed by atoms with van der Waals surface area (Å²) in [7, 11) is 2.00. The molecule has 0 saturated carbocycles. The monoisotopic (exact) mass is 180 g/mol. The molecule has 4 heteroatoms. The van der Waals surface area contributed by atoms with Gasteiger partial charge >= 0.3 is 0 Å². The van der Waals surface area contributed by atoms with Crippen LogP contribution < -0.4 is 10.6 Å². The number of anilines is 1. The predicted octanol–water partition coefficient (Wildman–Crippen LogP) is 0.780. The largest absolute Gasteiger partial charge is 0.356 e. The summed E-state index contributed by atoms with van der Waals surface area (Å²) in [6.45, 7) is 4.66. The first-order valence-electron chi connectivity index (χ1n) is 4.40. The van der Waals surface area contributed by atoms with E-state index in [1.807, 2.05) is 19.2 Å². The molecular weight excluding hydrogens is 164 g/mol. The third-order valence-corrected chi connectivity index (χ3v) is 2.05. The second-order valence-corrected chi connectivity index (χ2v) is 3.29. The molecule has 1 rings (SSSR count). The van der Waals surface area contributed by atoms with Crippen molar-refractivity contribution in [3.8, 4) is 0 Å². The molecule has 1 heterocycles. The molecule has 0 fully saturated rings. The van der Waals surface area contributed by atoms with Crippen LogP contribution in [0, 0.1) is 0 Å². The molecule has 72 valence electrons. The molecule has 0 aliphatic rings. The Morgan fingerprint density at radius 1 is 1.38 bits per heavy atom. The fraction of sp³-hybridized carbons (Fsp3) is 0.556. The average molecular weight is 180 g/mol. The van der Waals surface area contributed by atoms with Crippen molar-refractivity contribution in [2.45, 2.75) is 26.4 Å². The number of rotatable bonds is 3. The van der Waals surface area contributed by atoms with Gasteiger partial charge in [0.25, 0.3) is 0 Å². The Bertz CT molecular complexity index is 255. The van der Waals surface area contributed by atoms with E-state index in [1.54, 1.807) is 0 Å². The lowest BCUT2D eigenvalue weighted by Crippen LogP contribution is -2.26. The van der Waals surface area contributed by atoms with E-state index < -0.39 is 0 Å². The van der Waals surface area contributed by atoms with Crippen LogP contribution in [0.25, 0.3) is 0 Å². The van der Waals surface area contributed by atoms with Crippen molar-refractivity contribution in [1.82, 2.24) is 10.2 Å². The van der Waals surface area contributed by atoms with E-state index >= 15 is 0 Å². The van der Waals surface area contributed by atoms with Crippen LogP contribution in [0.3, 0.4) is 0 Å². The van der Waals surface area contributed by atoms with Crippen LogP contribution in [0.5, 0.6) is 0 Å². The Balaban J connectivity index is 2.79. The normalized spacial score (nSPS) is 10.5. The van der Waals surface area contributed by atoms with Crippen LogP contribution in [0.15, 0.2) is 12.1 Å². The number of hydrogen-bond donors (Lipinski definition) is 1. The highest BCUT2D eigenvalue weighted by Gasteiger charge is 2.05. The molecular formula is C9H16N4. The second kappa shape index (κ2) is 4.18. The number of hydrogen-bond acceptors (Lipinski definition) is 4.